The number of nitrogens with one attached hydrogen (secondary N) is 1. The van der Waals surface area contributed by atoms with Crippen LogP contribution in [0.3, 0.4) is 0 Å². The van der Waals surface area contributed by atoms with E-state index in [-0.39, 0.29) is 0 Å². The molecular weight excluding hydrogens is 296 g/mol. The molecule has 0 unspecified atom stereocenters. The van der Waals surface area contributed by atoms with Gasteiger partial charge in [-0.05, 0) is 24.3 Å². The van der Waals surface area contributed by atoms with Crippen LogP contribution < -0.4 is 11.3 Å². The van der Waals surface area contributed by atoms with Gasteiger partial charge in [-0.25, -0.2) is 15.8 Å². The molecule has 3 rings (SSSR count). The van der Waals surface area contributed by atoms with Crippen molar-refractivity contribution in [3.8, 4) is 0 Å². The van der Waals surface area contributed by atoms with Crippen LogP contribution in [-0.4, -0.2) is 9.97 Å². The maximum Gasteiger partial charge on any atom is 0.257 e. The second-order valence-corrected chi connectivity index (χ2v) is 5.34. The average Bonchev–Trinajstić information content (AvgIpc) is 2.89. The summed E-state index contributed by atoms with van der Waals surface area (Å²) < 4.78 is 5.63. The van der Waals surface area contributed by atoms with E-state index in [1.807, 2.05) is 24.3 Å². The molecule has 0 fully saturated rings. The van der Waals surface area contributed by atoms with Crippen molar-refractivity contribution in [3.05, 3.63) is 47.1 Å². The molecule has 102 valence electrons. The molecule has 5 nitrogen and oxygen atoms in total. The summed E-state index contributed by atoms with van der Waals surface area (Å²) in [5, 5.41) is 1.18. The fourth-order valence-electron chi connectivity index (χ4n) is 1.71. The molecule has 2 heterocycles. The number of nitrogen functional groups attached to an aromatic ring is 1. The number of nitrogens with zero attached hydrogens (tertiary/aromatic N) is 2. The number of aromatic nitrogens is 2. The van der Waals surface area contributed by atoms with Crippen molar-refractivity contribution in [2.45, 2.75) is 11.0 Å². The standard InChI is InChI=1S/C13H11ClN4OS/c14-8-5-6-12(18-15)16-10(8)7-20-13-17-9-3-1-2-4-11(9)19-13/h1-6H,7,15H2,(H,16,18). The van der Waals surface area contributed by atoms with E-state index in [0.29, 0.717) is 21.8 Å². The van der Waals surface area contributed by atoms with E-state index in [4.69, 9.17) is 21.9 Å². The molecule has 0 atom stereocenters. The van der Waals surface area contributed by atoms with Gasteiger partial charge in [0, 0.05) is 5.75 Å². The first-order valence-electron chi connectivity index (χ1n) is 5.86. The lowest BCUT2D eigenvalue weighted by Crippen LogP contribution is -2.09. The molecule has 0 saturated heterocycles. The minimum absolute atomic E-state index is 0.557. The summed E-state index contributed by atoms with van der Waals surface area (Å²) in [4.78, 5) is 8.69. The van der Waals surface area contributed by atoms with Gasteiger partial charge in [-0.2, -0.15) is 0 Å². The Hall–Kier alpha value is -1.76. The molecule has 0 aliphatic carbocycles. The van der Waals surface area contributed by atoms with Crippen molar-refractivity contribution in [1.29, 1.82) is 0 Å². The number of rotatable bonds is 4. The number of hydrogen-bond donors (Lipinski definition) is 2. The number of benzene rings is 1. The zero-order chi connectivity index (χ0) is 13.9. The molecule has 2 aromatic heterocycles. The average molecular weight is 307 g/mol. The van der Waals surface area contributed by atoms with Crippen LogP contribution in [0.25, 0.3) is 11.1 Å². The normalized spacial score (nSPS) is 10.9. The number of oxazole rings is 1. The first-order valence-corrected chi connectivity index (χ1v) is 7.23. The Labute approximate surface area is 124 Å². The van der Waals surface area contributed by atoms with E-state index in [9.17, 15) is 0 Å². The first-order chi connectivity index (χ1) is 9.76. The highest BCUT2D eigenvalue weighted by Gasteiger charge is 2.09. The highest BCUT2D eigenvalue weighted by atomic mass is 35.5. The van der Waals surface area contributed by atoms with Crippen LogP contribution in [0.2, 0.25) is 5.02 Å². The SMILES string of the molecule is NNc1ccc(Cl)c(CSc2nc3ccccc3o2)n1. The van der Waals surface area contributed by atoms with Gasteiger partial charge in [-0.15, -0.1) is 0 Å². The number of para-hydroxylation sites is 2. The summed E-state index contributed by atoms with van der Waals surface area (Å²) in [6.45, 7) is 0. The van der Waals surface area contributed by atoms with Crippen molar-refractivity contribution in [2.24, 2.45) is 5.84 Å². The number of fused-ring (bicyclic) bond motifs is 1. The molecule has 1 aromatic carbocycles. The van der Waals surface area contributed by atoms with Crippen LogP contribution in [0.1, 0.15) is 5.69 Å². The van der Waals surface area contributed by atoms with Crippen molar-refractivity contribution in [3.63, 3.8) is 0 Å². The molecule has 7 heteroatoms. The molecule has 0 spiro atoms. The first kappa shape index (κ1) is 13.2. The van der Waals surface area contributed by atoms with E-state index in [1.165, 1.54) is 11.8 Å². The van der Waals surface area contributed by atoms with Gasteiger partial charge in [-0.3, -0.25) is 0 Å². The number of thioether (sulfide) groups is 1. The fraction of sp³-hybridized carbons (Fsp3) is 0.0769. The predicted molar refractivity (Wildman–Crippen MR) is 80.6 cm³/mol. The Morgan fingerprint density at radius 2 is 2.05 bits per heavy atom. The van der Waals surface area contributed by atoms with E-state index < -0.39 is 0 Å². The van der Waals surface area contributed by atoms with Crippen LogP contribution in [0, 0.1) is 0 Å². The highest BCUT2D eigenvalue weighted by Crippen LogP contribution is 2.28. The van der Waals surface area contributed by atoms with Crippen LogP contribution >= 0.6 is 23.4 Å². The second kappa shape index (κ2) is 5.70. The minimum atomic E-state index is 0.557. The van der Waals surface area contributed by atoms with Gasteiger partial charge in [0.15, 0.2) is 5.58 Å². The molecule has 0 radical (unpaired) electrons. The Kier molecular flexibility index (Phi) is 3.77. The molecule has 3 aromatic rings. The number of pyridine rings is 1. The van der Waals surface area contributed by atoms with Gasteiger partial charge in [0.25, 0.3) is 5.22 Å². The third-order valence-electron chi connectivity index (χ3n) is 2.67. The zero-order valence-electron chi connectivity index (χ0n) is 10.3. The van der Waals surface area contributed by atoms with Gasteiger partial charge >= 0.3 is 0 Å². The van der Waals surface area contributed by atoms with Crippen LogP contribution in [0.4, 0.5) is 5.82 Å². The van der Waals surface area contributed by atoms with Crippen molar-refractivity contribution < 1.29 is 4.42 Å². The van der Waals surface area contributed by atoms with E-state index in [1.54, 1.807) is 12.1 Å². The summed E-state index contributed by atoms with van der Waals surface area (Å²) in [5.74, 6) is 6.46. The van der Waals surface area contributed by atoms with E-state index in [0.717, 1.165) is 16.8 Å². The van der Waals surface area contributed by atoms with Crippen molar-refractivity contribution >= 4 is 40.3 Å². The quantitative estimate of drug-likeness (QED) is 0.437. The Morgan fingerprint density at radius 1 is 1.20 bits per heavy atom. The van der Waals surface area contributed by atoms with Gasteiger partial charge in [0.1, 0.15) is 11.3 Å². The zero-order valence-corrected chi connectivity index (χ0v) is 11.9. The van der Waals surface area contributed by atoms with E-state index in [2.05, 4.69) is 15.4 Å². The Balaban J connectivity index is 1.79. The lowest BCUT2D eigenvalue weighted by molar-refractivity contribution is 0.489. The van der Waals surface area contributed by atoms with Gasteiger partial charge in [0.05, 0.1) is 10.7 Å². The topological polar surface area (TPSA) is 77.0 Å². The van der Waals surface area contributed by atoms with Crippen molar-refractivity contribution in [2.75, 3.05) is 5.43 Å². The Bertz CT molecular complexity index is 713. The maximum absolute atomic E-state index is 6.10. The van der Waals surface area contributed by atoms with Gasteiger partial charge < -0.3 is 9.84 Å². The summed E-state index contributed by atoms with van der Waals surface area (Å²) in [7, 11) is 0. The molecule has 3 N–H and O–H groups in total. The number of hydrazine groups is 1. The summed E-state index contributed by atoms with van der Waals surface area (Å²) >= 11 is 7.54. The number of nitrogens with two attached hydrogens (primary N) is 1. The third-order valence-corrected chi connectivity index (χ3v) is 3.86. The van der Waals surface area contributed by atoms with Gasteiger partial charge in [0.2, 0.25) is 0 Å². The monoisotopic (exact) mass is 306 g/mol. The second-order valence-electron chi connectivity index (χ2n) is 4.01. The van der Waals surface area contributed by atoms with E-state index >= 15 is 0 Å². The molecule has 0 bridgehead atoms. The van der Waals surface area contributed by atoms with Crippen LogP contribution in [0.5, 0.6) is 0 Å². The summed E-state index contributed by atoms with van der Waals surface area (Å²) in [6.07, 6.45) is 0. The summed E-state index contributed by atoms with van der Waals surface area (Å²) in [5.41, 5.74) is 4.84. The van der Waals surface area contributed by atoms with Crippen LogP contribution in [0.15, 0.2) is 46.0 Å². The smallest absolute Gasteiger partial charge is 0.257 e. The lowest BCUT2D eigenvalue weighted by Gasteiger charge is -2.04. The molecule has 20 heavy (non-hydrogen) atoms. The largest absolute Gasteiger partial charge is 0.431 e. The predicted octanol–water partition coefficient (Wildman–Crippen LogP) is 3.45. The Morgan fingerprint density at radius 3 is 2.85 bits per heavy atom. The number of halogens is 1. The third kappa shape index (κ3) is 2.72. The van der Waals surface area contributed by atoms with Gasteiger partial charge in [-0.1, -0.05) is 35.5 Å². The molecule has 0 amide bonds. The lowest BCUT2D eigenvalue weighted by atomic mass is 10.3. The molecule has 0 aliphatic rings. The molecule has 0 saturated carbocycles. The number of hydrogen-bond acceptors (Lipinski definition) is 6. The minimum Gasteiger partial charge on any atom is -0.431 e. The molecule has 0 aliphatic heterocycles. The highest BCUT2D eigenvalue weighted by molar-refractivity contribution is 7.98. The molecular formula is C13H11ClN4OS. The maximum atomic E-state index is 6.10. The fourth-order valence-corrected chi connectivity index (χ4v) is 2.75. The summed E-state index contributed by atoms with van der Waals surface area (Å²) in [6, 6.07) is 11.1. The van der Waals surface area contributed by atoms with Crippen LogP contribution in [-0.2, 0) is 5.75 Å². The van der Waals surface area contributed by atoms with Crippen molar-refractivity contribution in [1.82, 2.24) is 9.97 Å². The number of anilines is 1.